The largest absolute Gasteiger partial charge is 0.506 e. The highest BCUT2D eigenvalue weighted by Gasteiger charge is 2.43. The molecule has 96 valence electrons. The molecule has 1 aliphatic carbocycles. The zero-order valence-electron chi connectivity index (χ0n) is 9.99. The molecule has 2 aliphatic rings. The molecule has 1 aromatic rings. The normalized spacial score (nSPS) is 30.5. The van der Waals surface area contributed by atoms with Crippen LogP contribution in [0, 0.1) is 11.8 Å². The molecule has 1 amide bonds. The third-order valence-corrected chi connectivity index (χ3v) is 4.08. The molecule has 5 heteroatoms. The van der Waals surface area contributed by atoms with Crippen LogP contribution in [0.3, 0.4) is 0 Å². The second kappa shape index (κ2) is 4.24. The van der Waals surface area contributed by atoms with Gasteiger partial charge in [0, 0.05) is 25.2 Å². The Balaban J connectivity index is 1.75. The van der Waals surface area contributed by atoms with Gasteiger partial charge in [-0.15, -0.1) is 0 Å². The average Bonchev–Trinajstić information content (AvgIpc) is 2.91. The SMILES string of the molecule is O=C(c1cncc(O)c1)N1CC2CCC(O)C2C1. The van der Waals surface area contributed by atoms with Gasteiger partial charge in [0.2, 0.25) is 0 Å². The van der Waals surface area contributed by atoms with E-state index in [4.69, 9.17) is 0 Å². The van der Waals surface area contributed by atoms with Crippen molar-refractivity contribution >= 4 is 5.91 Å². The van der Waals surface area contributed by atoms with Crippen LogP contribution < -0.4 is 0 Å². The second-order valence-corrected chi connectivity index (χ2v) is 5.21. The van der Waals surface area contributed by atoms with E-state index in [9.17, 15) is 15.0 Å². The molecule has 3 atom stereocenters. The van der Waals surface area contributed by atoms with E-state index in [2.05, 4.69) is 4.98 Å². The summed E-state index contributed by atoms with van der Waals surface area (Å²) in [6, 6.07) is 1.43. The molecule has 1 saturated heterocycles. The molecule has 0 spiro atoms. The maximum atomic E-state index is 12.2. The molecular formula is C13H16N2O3. The van der Waals surface area contributed by atoms with E-state index in [-0.39, 0.29) is 23.7 Å². The minimum absolute atomic E-state index is 0.000255. The van der Waals surface area contributed by atoms with Crippen LogP contribution in [-0.4, -0.2) is 45.2 Å². The molecule has 18 heavy (non-hydrogen) atoms. The highest BCUT2D eigenvalue weighted by molar-refractivity contribution is 5.94. The third-order valence-electron chi connectivity index (χ3n) is 4.08. The van der Waals surface area contributed by atoms with Crippen molar-refractivity contribution in [2.45, 2.75) is 18.9 Å². The van der Waals surface area contributed by atoms with Gasteiger partial charge in [0.1, 0.15) is 5.75 Å². The smallest absolute Gasteiger partial charge is 0.255 e. The van der Waals surface area contributed by atoms with Gasteiger partial charge >= 0.3 is 0 Å². The number of rotatable bonds is 1. The molecule has 1 saturated carbocycles. The van der Waals surface area contributed by atoms with Gasteiger partial charge in [-0.25, -0.2) is 0 Å². The lowest BCUT2D eigenvalue weighted by Gasteiger charge is -2.18. The highest BCUT2D eigenvalue weighted by atomic mass is 16.3. The van der Waals surface area contributed by atoms with Gasteiger partial charge in [-0.2, -0.15) is 0 Å². The number of aliphatic hydroxyl groups is 1. The van der Waals surface area contributed by atoms with Crippen LogP contribution in [-0.2, 0) is 0 Å². The summed E-state index contributed by atoms with van der Waals surface area (Å²) in [7, 11) is 0. The number of carbonyl (C=O) groups is 1. The second-order valence-electron chi connectivity index (χ2n) is 5.21. The molecule has 1 aromatic heterocycles. The number of carbonyl (C=O) groups excluding carboxylic acids is 1. The maximum Gasteiger partial charge on any atom is 0.255 e. The molecule has 0 radical (unpaired) electrons. The zero-order valence-corrected chi connectivity index (χ0v) is 9.99. The van der Waals surface area contributed by atoms with Crippen LogP contribution in [0.5, 0.6) is 5.75 Å². The summed E-state index contributed by atoms with van der Waals surface area (Å²) < 4.78 is 0. The number of aliphatic hydroxyl groups excluding tert-OH is 1. The lowest BCUT2D eigenvalue weighted by atomic mass is 10.00. The Morgan fingerprint density at radius 1 is 1.33 bits per heavy atom. The van der Waals surface area contributed by atoms with E-state index < -0.39 is 0 Å². The Hall–Kier alpha value is -1.62. The quantitative estimate of drug-likeness (QED) is 0.764. The molecular weight excluding hydrogens is 232 g/mol. The topological polar surface area (TPSA) is 73.7 Å². The van der Waals surface area contributed by atoms with Gasteiger partial charge in [0.15, 0.2) is 0 Å². The number of nitrogens with zero attached hydrogens (tertiary/aromatic N) is 2. The van der Waals surface area contributed by atoms with Crippen molar-refractivity contribution in [2.75, 3.05) is 13.1 Å². The first kappa shape index (κ1) is 11.5. The van der Waals surface area contributed by atoms with Gasteiger partial charge in [-0.1, -0.05) is 0 Å². The van der Waals surface area contributed by atoms with Crippen molar-refractivity contribution < 1.29 is 15.0 Å². The van der Waals surface area contributed by atoms with Gasteiger partial charge in [0.25, 0.3) is 5.91 Å². The van der Waals surface area contributed by atoms with Crippen LogP contribution in [0.2, 0.25) is 0 Å². The summed E-state index contributed by atoms with van der Waals surface area (Å²) in [5, 5.41) is 19.2. The molecule has 0 aromatic carbocycles. The fourth-order valence-electron chi connectivity index (χ4n) is 3.13. The third kappa shape index (κ3) is 1.84. The summed E-state index contributed by atoms with van der Waals surface area (Å²) in [4.78, 5) is 17.8. The van der Waals surface area contributed by atoms with Crippen molar-refractivity contribution in [1.29, 1.82) is 0 Å². The van der Waals surface area contributed by atoms with E-state index in [1.165, 1.54) is 18.5 Å². The fraction of sp³-hybridized carbons (Fsp3) is 0.538. The van der Waals surface area contributed by atoms with Crippen molar-refractivity contribution in [3.63, 3.8) is 0 Å². The van der Waals surface area contributed by atoms with E-state index in [0.29, 0.717) is 24.6 Å². The van der Waals surface area contributed by atoms with Crippen molar-refractivity contribution in [3.8, 4) is 5.75 Å². The van der Waals surface area contributed by atoms with Gasteiger partial charge in [-0.05, 0) is 24.8 Å². The maximum absolute atomic E-state index is 12.2. The number of aromatic nitrogens is 1. The fourth-order valence-corrected chi connectivity index (χ4v) is 3.13. The van der Waals surface area contributed by atoms with Crippen LogP contribution >= 0.6 is 0 Å². The average molecular weight is 248 g/mol. The lowest BCUT2D eigenvalue weighted by Crippen LogP contribution is -2.31. The van der Waals surface area contributed by atoms with Crippen molar-refractivity contribution in [3.05, 3.63) is 24.0 Å². The summed E-state index contributed by atoms with van der Waals surface area (Å²) in [6.07, 6.45) is 4.35. The standard InChI is InChI=1S/C13H16N2O3/c16-10-3-9(4-14-5-10)13(18)15-6-8-1-2-12(17)11(8)7-15/h3-5,8,11-12,16-17H,1-2,6-7H2. The molecule has 3 rings (SSSR count). The monoisotopic (exact) mass is 248 g/mol. The number of amides is 1. The van der Waals surface area contributed by atoms with Gasteiger partial charge in [-0.3, -0.25) is 9.78 Å². The first-order valence-electron chi connectivity index (χ1n) is 6.26. The van der Waals surface area contributed by atoms with Crippen LogP contribution in [0.4, 0.5) is 0 Å². The van der Waals surface area contributed by atoms with Gasteiger partial charge in [0.05, 0.1) is 17.9 Å². The van der Waals surface area contributed by atoms with E-state index >= 15 is 0 Å². The lowest BCUT2D eigenvalue weighted by molar-refractivity contribution is 0.0751. The van der Waals surface area contributed by atoms with Gasteiger partial charge < -0.3 is 15.1 Å². The van der Waals surface area contributed by atoms with Crippen LogP contribution in [0.1, 0.15) is 23.2 Å². The zero-order chi connectivity index (χ0) is 12.7. The summed E-state index contributed by atoms with van der Waals surface area (Å²) in [5.41, 5.74) is 0.407. The molecule has 2 heterocycles. The van der Waals surface area contributed by atoms with Crippen LogP contribution in [0.25, 0.3) is 0 Å². The molecule has 2 N–H and O–H groups in total. The number of fused-ring (bicyclic) bond motifs is 1. The molecule has 5 nitrogen and oxygen atoms in total. The Bertz CT molecular complexity index is 477. The Morgan fingerprint density at radius 3 is 2.89 bits per heavy atom. The summed E-state index contributed by atoms with van der Waals surface area (Å²) >= 11 is 0. The minimum atomic E-state index is -0.268. The van der Waals surface area contributed by atoms with E-state index in [1.807, 2.05) is 0 Å². The predicted octanol–water partition coefficient (Wildman–Crippen LogP) is 0.630. The summed E-state index contributed by atoms with van der Waals surface area (Å²) in [5.74, 6) is 0.536. The molecule has 0 bridgehead atoms. The Labute approximate surface area is 105 Å². The Morgan fingerprint density at radius 2 is 2.17 bits per heavy atom. The number of hydrogen-bond donors (Lipinski definition) is 2. The number of aromatic hydroxyl groups is 1. The number of likely N-dealkylation sites (tertiary alicyclic amines) is 1. The molecule has 3 unspecified atom stereocenters. The van der Waals surface area contributed by atoms with Crippen molar-refractivity contribution in [1.82, 2.24) is 9.88 Å². The predicted molar refractivity (Wildman–Crippen MR) is 64.0 cm³/mol. The van der Waals surface area contributed by atoms with Crippen LogP contribution in [0.15, 0.2) is 18.5 Å². The first-order chi connectivity index (χ1) is 8.65. The van der Waals surface area contributed by atoms with E-state index in [1.54, 1.807) is 4.90 Å². The summed E-state index contributed by atoms with van der Waals surface area (Å²) in [6.45, 7) is 1.32. The van der Waals surface area contributed by atoms with E-state index in [0.717, 1.165) is 12.8 Å². The number of pyridine rings is 1. The Kier molecular flexibility index (Phi) is 2.70. The van der Waals surface area contributed by atoms with Crippen molar-refractivity contribution in [2.24, 2.45) is 11.8 Å². The molecule has 2 fully saturated rings. The minimum Gasteiger partial charge on any atom is -0.506 e. The number of hydrogen-bond acceptors (Lipinski definition) is 4. The highest BCUT2D eigenvalue weighted by Crippen LogP contribution is 2.38. The first-order valence-corrected chi connectivity index (χ1v) is 6.26. The molecule has 1 aliphatic heterocycles.